The Kier molecular flexibility index (Phi) is 10.2. The molecule has 281 valence electrons. The first-order valence-corrected chi connectivity index (χ1v) is 21.5. The smallest absolute Gasteiger partial charge is 0.123 e. The van der Waals surface area contributed by atoms with E-state index < -0.39 is 32.6 Å². The van der Waals surface area contributed by atoms with Crippen LogP contribution in [0.3, 0.4) is 0 Å². The van der Waals surface area contributed by atoms with Crippen molar-refractivity contribution in [2.24, 2.45) is 11.3 Å². The molecule has 3 nitrogen and oxygen atoms in total. The van der Waals surface area contributed by atoms with E-state index in [9.17, 15) is 4.39 Å². The summed E-state index contributed by atoms with van der Waals surface area (Å²) >= 11 is 0. The fraction of sp³-hybridized carbons (Fsp3) is 0.292. The van der Waals surface area contributed by atoms with Crippen LogP contribution in [0.25, 0.3) is 55.6 Å². The molecule has 3 heterocycles. The summed E-state index contributed by atoms with van der Waals surface area (Å²) in [5.41, 5.74) is 7.30. The molecule has 0 saturated carbocycles. The Morgan fingerprint density at radius 2 is 1.61 bits per heavy atom. The van der Waals surface area contributed by atoms with E-state index in [1.165, 1.54) is 23.4 Å². The Morgan fingerprint density at radius 1 is 0.870 bits per heavy atom. The number of furan rings is 1. The largest absolute Gasteiger partial charge is 0.501 e. The van der Waals surface area contributed by atoms with Gasteiger partial charge in [-0.15, -0.1) is 53.6 Å². The first kappa shape index (κ1) is 33.1. The van der Waals surface area contributed by atoms with Crippen molar-refractivity contribution in [3.63, 3.8) is 0 Å². The average molecular weight is 917 g/mol. The van der Waals surface area contributed by atoms with Crippen LogP contribution in [-0.4, -0.2) is 18.0 Å². The van der Waals surface area contributed by atoms with Gasteiger partial charge in [0, 0.05) is 46.1 Å². The zero-order valence-electron chi connectivity index (χ0n) is 38.4. The van der Waals surface area contributed by atoms with Gasteiger partial charge in [0.05, 0.1) is 13.7 Å². The quantitative estimate of drug-likeness (QED) is 0.118. The monoisotopic (exact) mass is 917 g/mol. The van der Waals surface area contributed by atoms with Crippen molar-refractivity contribution in [2.45, 2.75) is 80.3 Å². The summed E-state index contributed by atoms with van der Waals surface area (Å²) in [6, 6.07) is 32.8. The number of hydrogen-bond donors (Lipinski definition) is 0. The molecule has 7 rings (SSSR count). The Morgan fingerprint density at radius 3 is 2.26 bits per heavy atom. The molecule has 1 radical (unpaired) electrons. The molecule has 0 aliphatic heterocycles. The van der Waals surface area contributed by atoms with Gasteiger partial charge in [0.2, 0.25) is 0 Å². The number of pyridine rings is 2. The van der Waals surface area contributed by atoms with Crippen LogP contribution in [0.1, 0.15) is 72.4 Å². The summed E-state index contributed by atoms with van der Waals surface area (Å²) in [5.74, 6) is -0.824. The van der Waals surface area contributed by atoms with Gasteiger partial charge in [-0.25, -0.2) is 4.39 Å². The summed E-state index contributed by atoms with van der Waals surface area (Å²) < 4.78 is 68.2. The van der Waals surface area contributed by atoms with Gasteiger partial charge in [0.1, 0.15) is 11.4 Å². The van der Waals surface area contributed by atoms with Crippen LogP contribution in [0, 0.1) is 36.1 Å². The molecule has 54 heavy (non-hydrogen) atoms. The number of fused-ring (bicyclic) bond motifs is 3. The minimum Gasteiger partial charge on any atom is -0.501 e. The van der Waals surface area contributed by atoms with Gasteiger partial charge in [-0.1, -0.05) is 127 Å². The number of aromatic nitrogens is 2. The van der Waals surface area contributed by atoms with Crippen LogP contribution in [0.2, 0.25) is 19.6 Å². The SMILES string of the molecule is [2H]C([2H])([2H])c1c[c-]c(-c2cc(C([2H])(C)C(C)C)c([Si](C)(C)C)cn2)cc1.[2H]C([2H])(c1ccnc(-c2[c-]ccc3c2oc2cc(-c4ccc(F)cc4)ccc23)c1)C(C)(C)C.[Ir]. The fourth-order valence-corrected chi connectivity index (χ4v) is 7.78. The minimum absolute atomic E-state index is 0. The third-order valence-electron chi connectivity index (χ3n) is 9.24. The van der Waals surface area contributed by atoms with E-state index in [0.717, 1.165) is 38.7 Å². The van der Waals surface area contributed by atoms with Crippen molar-refractivity contribution < 1.29 is 37.1 Å². The topological polar surface area (TPSA) is 38.9 Å². The van der Waals surface area contributed by atoms with Crippen molar-refractivity contribution in [2.75, 3.05) is 0 Å². The fourth-order valence-electron chi connectivity index (χ4n) is 6.25. The zero-order chi connectivity index (χ0) is 43.3. The van der Waals surface area contributed by atoms with Crippen molar-refractivity contribution >= 4 is 35.2 Å². The number of hydrogen-bond acceptors (Lipinski definition) is 3. The summed E-state index contributed by atoms with van der Waals surface area (Å²) in [7, 11) is -1.66. The van der Waals surface area contributed by atoms with E-state index in [4.69, 9.17) is 12.6 Å². The van der Waals surface area contributed by atoms with Crippen LogP contribution < -0.4 is 5.19 Å². The molecule has 0 aliphatic rings. The molecule has 0 spiro atoms. The second-order valence-corrected chi connectivity index (χ2v) is 21.0. The third-order valence-corrected chi connectivity index (χ3v) is 11.3. The molecular formula is C48H51FIrN2OSi-2. The van der Waals surface area contributed by atoms with Crippen molar-refractivity contribution in [3.8, 4) is 33.6 Å². The van der Waals surface area contributed by atoms with Gasteiger partial charge >= 0.3 is 0 Å². The summed E-state index contributed by atoms with van der Waals surface area (Å²) in [4.78, 5) is 9.13. The van der Waals surface area contributed by atoms with Gasteiger partial charge < -0.3 is 14.4 Å². The standard InChI is InChI=1S/C28H23FNO.C20H28NSi.Ir/c1-28(2,3)17-18-13-14-30-25(15-18)24-6-4-5-23-22-12-9-20(16-26(22)31-27(23)24)19-7-10-21(29)11-8-19;1-14(2)16(4)18-12-19(17-10-8-15(3)9-11-17)21-13-20(18)22(5,6)7;/h4-5,7-16H,17H2,1-3H3;8-10,12-14,16H,1-7H3;/q2*-1;/i17D2;3D3,16D;. The van der Waals surface area contributed by atoms with Crippen molar-refractivity contribution in [1.82, 2.24) is 9.97 Å². The molecule has 0 N–H and O–H groups in total. The molecule has 0 aliphatic carbocycles. The molecule has 1 atom stereocenters. The van der Waals surface area contributed by atoms with Crippen LogP contribution in [0.5, 0.6) is 0 Å². The summed E-state index contributed by atoms with van der Waals surface area (Å²) in [6.07, 6.45) is 2.02. The number of aryl methyl sites for hydroxylation is 1. The van der Waals surface area contributed by atoms with Crippen LogP contribution in [0.4, 0.5) is 4.39 Å². The van der Waals surface area contributed by atoms with Crippen LogP contribution in [-0.2, 0) is 26.5 Å². The Bertz CT molecular complexity index is 2610. The van der Waals surface area contributed by atoms with Gasteiger partial charge in [0.15, 0.2) is 0 Å². The normalized spacial score (nSPS) is 15.1. The first-order chi connectivity index (χ1) is 27.4. The zero-order valence-corrected chi connectivity index (χ0v) is 35.8. The van der Waals surface area contributed by atoms with Crippen molar-refractivity contribution in [1.29, 1.82) is 0 Å². The maximum Gasteiger partial charge on any atom is 0.123 e. The van der Waals surface area contributed by atoms with E-state index in [1.54, 1.807) is 42.6 Å². The van der Waals surface area contributed by atoms with Gasteiger partial charge in [-0.2, -0.15) is 0 Å². The number of halogens is 1. The number of benzene rings is 4. The molecule has 0 bridgehead atoms. The number of nitrogens with zero attached hydrogens (tertiary/aromatic N) is 2. The average Bonchev–Trinajstić information content (AvgIpc) is 3.55. The molecule has 4 aromatic carbocycles. The van der Waals surface area contributed by atoms with E-state index in [1.807, 2.05) is 70.3 Å². The van der Waals surface area contributed by atoms with Crippen molar-refractivity contribution in [3.05, 3.63) is 138 Å². The van der Waals surface area contributed by atoms with E-state index in [-0.39, 0.29) is 37.4 Å². The minimum atomic E-state index is -2.13. The predicted octanol–water partition coefficient (Wildman–Crippen LogP) is 13.0. The van der Waals surface area contributed by atoms with E-state index in [2.05, 4.69) is 55.6 Å². The molecule has 6 heteroatoms. The van der Waals surface area contributed by atoms with Gasteiger partial charge in [-0.05, 0) is 75.6 Å². The third kappa shape index (κ3) is 9.52. The molecular weight excluding hydrogens is 860 g/mol. The molecule has 0 fully saturated rings. The number of rotatable bonds is 7. The molecule has 3 aromatic heterocycles. The van der Waals surface area contributed by atoms with Gasteiger partial charge in [0.25, 0.3) is 0 Å². The second-order valence-electron chi connectivity index (χ2n) is 15.9. The Labute approximate surface area is 344 Å². The van der Waals surface area contributed by atoms with E-state index >= 15 is 0 Å². The Hall–Kier alpha value is -4.22. The summed E-state index contributed by atoms with van der Waals surface area (Å²) in [5, 5.41) is 3.11. The van der Waals surface area contributed by atoms with Crippen LogP contribution >= 0.6 is 0 Å². The maximum absolute atomic E-state index is 13.3. The molecule has 7 aromatic rings. The predicted molar refractivity (Wildman–Crippen MR) is 224 cm³/mol. The summed E-state index contributed by atoms with van der Waals surface area (Å²) in [6.45, 7) is 16.4. The Balaban J connectivity index is 0.000000231. The second kappa shape index (κ2) is 16.6. The maximum atomic E-state index is 13.3. The molecule has 0 saturated heterocycles. The van der Waals surface area contributed by atoms with E-state index in [0.29, 0.717) is 28.0 Å². The first-order valence-electron chi connectivity index (χ1n) is 21.0. The van der Waals surface area contributed by atoms with Crippen LogP contribution in [0.15, 0.2) is 108 Å². The molecule has 0 amide bonds. The molecule has 1 unspecified atom stereocenters. The van der Waals surface area contributed by atoms with Gasteiger partial charge in [-0.3, -0.25) is 0 Å².